The maximum absolute atomic E-state index is 6.19. The van der Waals surface area contributed by atoms with Crippen LogP contribution in [0, 0.1) is 0 Å². The van der Waals surface area contributed by atoms with Crippen LogP contribution in [0.3, 0.4) is 0 Å². The predicted molar refractivity (Wildman–Crippen MR) is 117 cm³/mol. The van der Waals surface area contributed by atoms with Gasteiger partial charge in [0.15, 0.2) is 0 Å². The Labute approximate surface area is 171 Å². The van der Waals surface area contributed by atoms with Crippen molar-refractivity contribution in [3.8, 4) is 5.75 Å². The van der Waals surface area contributed by atoms with Gasteiger partial charge in [-0.2, -0.15) is 0 Å². The van der Waals surface area contributed by atoms with Crippen LogP contribution in [0.5, 0.6) is 5.75 Å². The summed E-state index contributed by atoms with van der Waals surface area (Å²) in [5.41, 5.74) is 4.13. The standard InChI is InChI=1S/C24H33NO.ClH/c1-3-20-11-13-21(14-12-20)15-16-22-8-4-5-10-24(22)26-19-17-23-9-6-7-18-25(23)2;/h4-5,8,10-14,23H,3,6-7,9,15-19H2,1-2H3;1H. The Bertz CT molecular complexity index is 670. The van der Waals surface area contributed by atoms with E-state index in [0.29, 0.717) is 6.04 Å². The number of likely N-dealkylation sites (tertiary alicyclic amines) is 1. The topological polar surface area (TPSA) is 12.5 Å². The highest BCUT2D eigenvalue weighted by molar-refractivity contribution is 5.85. The highest BCUT2D eigenvalue weighted by Crippen LogP contribution is 2.22. The fraction of sp³-hybridized carbons (Fsp3) is 0.500. The van der Waals surface area contributed by atoms with Gasteiger partial charge in [-0.05, 0) is 74.9 Å². The fourth-order valence-corrected chi connectivity index (χ4v) is 3.89. The van der Waals surface area contributed by atoms with Crippen molar-refractivity contribution >= 4 is 12.4 Å². The van der Waals surface area contributed by atoms with E-state index in [2.05, 4.69) is 67.4 Å². The van der Waals surface area contributed by atoms with E-state index >= 15 is 0 Å². The molecule has 0 spiro atoms. The van der Waals surface area contributed by atoms with Crippen LogP contribution in [-0.2, 0) is 19.3 Å². The van der Waals surface area contributed by atoms with Crippen LogP contribution in [-0.4, -0.2) is 31.1 Å². The number of aryl methyl sites for hydroxylation is 3. The number of benzene rings is 2. The molecule has 148 valence electrons. The van der Waals surface area contributed by atoms with Gasteiger partial charge in [0, 0.05) is 6.04 Å². The molecule has 1 aliphatic rings. The van der Waals surface area contributed by atoms with Crippen molar-refractivity contribution in [1.82, 2.24) is 4.90 Å². The molecule has 3 heteroatoms. The maximum Gasteiger partial charge on any atom is 0.122 e. The van der Waals surface area contributed by atoms with Crippen LogP contribution in [0.4, 0.5) is 0 Å². The Morgan fingerprint density at radius 3 is 2.44 bits per heavy atom. The molecule has 2 aromatic carbocycles. The number of para-hydroxylation sites is 1. The van der Waals surface area contributed by atoms with Crippen molar-refractivity contribution < 1.29 is 4.74 Å². The van der Waals surface area contributed by atoms with Gasteiger partial charge in [-0.15, -0.1) is 12.4 Å². The Morgan fingerprint density at radius 2 is 1.70 bits per heavy atom. The van der Waals surface area contributed by atoms with Gasteiger partial charge in [-0.1, -0.05) is 55.8 Å². The molecule has 0 radical (unpaired) electrons. The first-order chi connectivity index (χ1) is 12.8. The number of rotatable bonds is 8. The van der Waals surface area contributed by atoms with Gasteiger partial charge in [-0.3, -0.25) is 0 Å². The van der Waals surface area contributed by atoms with Crippen molar-refractivity contribution in [1.29, 1.82) is 0 Å². The molecular formula is C24H34ClNO. The van der Waals surface area contributed by atoms with Gasteiger partial charge in [-0.25, -0.2) is 0 Å². The SMILES string of the molecule is CCc1ccc(CCc2ccccc2OCCC2CCCCN2C)cc1.Cl. The lowest BCUT2D eigenvalue weighted by Gasteiger charge is -2.32. The largest absolute Gasteiger partial charge is 0.493 e. The lowest BCUT2D eigenvalue weighted by molar-refractivity contribution is 0.153. The lowest BCUT2D eigenvalue weighted by Crippen LogP contribution is -2.37. The molecule has 1 fully saturated rings. The first-order valence-electron chi connectivity index (χ1n) is 10.2. The van der Waals surface area contributed by atoms with Gasteiger partial charge < -0.3 is 9.64 Å². The molecule has 0 saturated carbocycles. The Kier molecular flexibility index (Phi) is 9.17. The van der Waals surface area contributed by atoms with Crippen molar-refractivity contribution in [2.24, 2.45) is 0 Å². The molecule has 27 heavy (non-hydrogen) atoms. The van der Waals surface area contributed by atoms with Gasteiger partial charge in [0.1, 0.15) is 5.75 Å². The summed E-state index contributed by atoms with van der Waals surface area (Å²) in [7, 11) is 2.25. The third-order valence-electron chi connectivity index (χ3n) is 5.72. The van der Waals surface area contributed by atoms with Crippen LogP contribution in [0.1, 0.15) is 49.3 Å². The van der Waals surface area contributed by atoms with E-state index in [1.807, 2.05) is 0 Å². The maximum atomic E-state index is 6.19. The van der Waals surface area contributed by atoms with Crippen LogP contribution >= 0.6 is 12.4 Å². The minimum Gasteiger partial charge on any atom is -0.493 e. The molecule has 1 saturated heterocycles. The van der Waals surface area contributed by atoms with Gasteiger partial charge >= 0.3 is 0 Å². The zero-order valence-electron chi connectivity index (χ0n) is 16.8. The Morgan fingerprint density at radius 1 is 0.963 bits per heavy atom. The quantitative estimate of drug-likeness (QED) is 0.575. The fourth-order valence-electron chi connectivity index (χ4n) is 3.89. The molecule has 0 amide bonds. The molecule has 1 atom stereocenters. The molecule has 3 rings (SSSR count). The molecule has 1 unspecified atom stereocenters. The summed E-state index contributed by atoms with van der Waals surface area (Å²) in [6.45, 7) is 4.25. The summed E-state index contributed by atoms with van der Waals surface area (Å²) in [6.07, 6.45) is 8.35. The smallest absolute Gasteiger partial charge is 0.122 e. The average Bonchev–Trinajstić information content (AvgIpc) is 2.69. The zero-order valence-corrected chi connectivity index (χ0v) is 17.6. The second-order valence-corrected chi connectivity index (χ2v) is 7.55. The van der Waals surface area contributed by atoms with E-state index in [1.54, 1.807) is 0 Å². The average molecular weight is 388 g/mol. The number of nitrogens with zero attached hydrogens (tertiary/aromatic N) is 1. The van der Waals surface area contributed by atoms with Crippen LogP contribution in [0.15, 0.2) is 48.5 Å². The number of hydrogen-bond acceptors (Lipinski definition) is 2. The second kappa shape index (κ2) is 11.4. The summed E-state index contributed by atoms with van der Waals surface area (Å²) >= 11 is 0. The number of ether oxygens (including phenoxy) is 1. The van der Waals surface area contributed by atoms with Crippen molar-refractivity contribution in [2.75, 3.05) is 20.2 Å². The molecule has 2 aromatic rings. The van der Waals surface area contributed by atoms with Crippen molar-refractivity contribution in [3.05, 3.63) is 65.2 Å². The number of hydrogen-bond donors (Lipinski definition) is 0. The van der Waals surface area contributed by atoms with Crippen LogP contribution < -0.4 is 4.74 Å². The molecular weight excluding hydrogens is 354 g/mol. The van der Waals surface area contributed by atoms with Gasteiger partial charge in [0.05, 0.1) is 6.61 Å². The molecule has 0 bridgehead atoms. The second-order valence-electron chi connectivity index (χ2n) is 7.55. The first-order valence-corrected chi connectivity index (χ1v) is 10.2. The van der Waals surface area contributed by atoms with E-state index in [4.69, 9.17) is 4.74 Å². The summed E-state index contributed by atoms with van der Waals surface area (Å²) in [6, 6.07) is 18.3. The van der Waals surface area contributed by atoms with Crippen molar-refractivity contribution in [3.63, 3.8) is 0 Å². The van der Waals surface area contributed by atoms with Crippen LogP contribution in [0.25, 0.3) is 0 Å². The minimum atomic E-state index is 0. The summed E-state index contributed by atoms with van der Waals surface area (Å²) in [5, 5.41) is 0. The molecule has 2 nitrogen and oxygen atoms in total. The molecule has 1 aliphatic heterocycles. The molecule has 0 aromatic heterocycles. The Balaban J connectivity index is 0.00000261. The normalized spacial score (nSPS) is 17.3. The summed E-state index contributed by atoms with van der Waals surface area (Å²) < 4.78 is 6.19. The van der Waals surface area contributed by atoms with E-state index < -0.39 is 0 Å². The van der Waals surface area contributed by atoms with E-state index in [0.717, 1.165) is 38.0 Å². The van der Waals surface area contributed by atoms with Crippen LogP contribution in [0.2, 0.25) is 0 Å². The third kappa shape index (κ3) is 6.55. The lowest BCUT2D eigenvalue weighted by atomic mass is 10.0. The number of piperidine rings is 1. The summed E-state index contributed by atoms with van der Waals surface area (Å²) in [5.74, 6) is 1.07. The third-order valence-corrected chi connectivity index (χ3v) is 5.72. The minimum absolute atomic E-state index is 0. The first kappa shape index (κ1) is 21.8. The Hall–Kier alpha value is -1.51. The molecule has 0 N–H and O–H groups in total. The van der Waals surface area contributed by atoms with E-state index in [1.165, 1.54) is 42.5 Å². The van der Waals surface area contributed by atoms with E-state index in [9.17, 15) is 0 Å². The summed E-state index contributed by atoms with van der Waals surface area (Å²) in [4.78, 5) is 2.50. The van der Waals surface area contributed by atoms with Gasteiger partial charge in [0.25, 0.3) is 0 Å². The molecule has 1 heterocycles. The monoisotopic (exact) mass is 387 g/mol. The van der Waals surface area contributed by atoms with Gasteiger partial charge in [0.2, 0.25) is 0 Å². The van der Waals surface area contributed by atoms with Crippen molar-refractivity contribution in [2.45, 2.75) is 57.9 Å². The highest BCUT2D eigenvalue weighted by atomic mass is 35.5. The van der Waals surface area contributed by atoms with E-state index in [-0.39, 0.29) is 12.4 Å². The highest BCUT2D eigenvalue weighted by Gasteiger charge is 2.18. The molecule has 0 aliphatic carbocycles. The number of halogens is 1. The zero-order chi connectivity index (χ0) is 18.2. The predicted octanol–water partition coefficient (Wildman–Crippen LogP) is 5.71.